The van der Waals surface area contributed by atoms with E-state index in [0.29, 0.717) is 24.2 Å². The highest BCUT2D eigenvalue weighted by molar-refractivity contribution is 7.99. The zero-order valence-electron chi connectivity index (χ0n) is 12.2. The van der Waals surface area contributed by atoms with Crippen molar-refractivity contribution < 1.29 is 14.7 Å². The van der Waals surface area contributed by atoms with Crippen LogP contribution in [0.1, 0.15) is 23.2 Å². The van der Waals surface area contributed by atoms with Gasteiger partial charge < -0.3 is 10.4 Å². The van der Waals surface area contributed by atoms with Gasteiger partial charge in [-0.1, -0.05) is 0 Å². The standard InChI is InChI=1S/C14H15N5O3S/c20-12(18-14(13(21)22)3-5-23-6-4-14)10-1-2-11(16-7-10)19-9-15-8-17-19/h1-2,7-9H,3-6H2,(H,18,20)(H,21,22). The first kappa shape index (κ1) is 15.5. The Hall–Kier alpha value is -2.42. The molecule has 2 aromatic rings. The van der Waals surface area contributed by atoms with Crippen LogP contribution >= 0.6 is 11.8 Å². The number of carboxylic acids is 1. The average Bonchev–Trinajstić information content (AvgIpc) is 3.10. The molecule has 9 heteroatoms. The zero-order chi connectivity index (χ0) is 16.3. The van der Waals surface area contributed by atoms with Crippen LogP contribution in [0.25, 0.3) is 5.82 Å². The second kappa shape index (κ2) is 6.37. The Morgan fingerprint density at radius 2 is 2.09 bits per heavy atom. The van der Waals surface area contributed by atoms with Crippen molar-refractivity contribution in [2.24, 2.45) is 0 Å². The maximum absolute atomic E-state index is 12.4. The molecule has 1 amide bonds. The van der Waals surface area contributed by atoms with Crippen LogP contribution in [0.5, 0.6) is 0 Å². The number of thioether (sulfide) groups is 1. The summed E-state index contributed by atoms with van der Waals surface area (Å²) in [6.07, 6.45) is 5.13. The highest BCUT2D eigenvalue weighted by atomic mass is 32.2. The molecule has 1 saturated heterocycles. The van der Waals surface area contributed by atoms with E-state index in [1.807, 2.05) is 0 Å². The lowest BCUT2D eigenvalue weighted by molar-refractivity contribution is -0.144. The van der Waals surface area contributed by atoms with Crippen molar-refractivity contribution in [1.29, 1.82) is 0 Å². The van der Waals surface area contributed by atoms with E-state index in [9.17, 15) is 14.7 Å². The molecule has 23 heavy (non-hydrogen) atoms. The lowest BCUT2D eigenvalue weighted by Gasteiger charge is -2.33. The molecule has 1 aliphatic heterocycles. The predicted molar refractivity (Wildman–Crippen MR) is 83.5 cm³/mol. The summed E-state index contributed by atoms with van der Waals surface area (Å²) in [6, 6.07) is 3.22. The summed E-state index contributed by atoms with van der Waals surface area (Å²) >= 11 is 1.70. The predicted octanol–water partition coefficient (Wildman–Crippen LogP) is 0.742. The number of pyridine rings is 1. The molecule has 0 bridgehead atoms. The molecule has 3 rings (SSSR count). The van der Waals surface area contributed by atoms with Crippen LogP contribution in [0, 0.1) is 0 Å². The SMILES string of the molecule is O=C(NC1(C(=O)O)CCSCC1)c1ccc(-n2cncn2)nc1. The molecule has 0 unspecified atom stereocenters. The van der Waals surface area contributed by atoms with Gasteiger partial charge in [0, 0.05) is 6.20 Å². The molecule has 0 radical (unpaired) electrons. The van der Waals surface area contributed by atoms with Gasteiger partial charge in [-0.25, -0.2) is 19.4 Å². The second-order valence-electron chi connectivity index (χ2n) is 5.20. The van der Waals surface area contributed by atoms with Gasteiger partial charge in [-0.2, -0.15) is 16.9 Å². The first-order valence-electron chi connectivity index (χ1n) is 7.05. The van der Waals surface area contributed by atoms with Gasteiger partial charge in [0.1, 0.15) is 18.2 Å². The third-order valence-electron chi connectivity index (χ3n) is 3.77. The van der Waals surface area contributed by atoms with E-state index in [1.165, 1.54) is 23.5 Å². The number of aromatic nitrogens is 4. The fraction of sp³-hybridized carbons (Fsp3) is 0.357. The van der Waals surface area contributed by atoms with Crippen LogP contribution in [-0.4, -0.2) is 53.8 Å². The van der Waals surface area contributed by atoms with Crippen molar-refractivity contribution >= 4 is 23.6 Å². The van der Waals surface area contributed by atoms with Crippen LogP contribution < -0.4 is 5.32 Å². The Morgan fingerprint density at radius 3 is 2.65 bits per heavy atom. The molecule has 2 aromatic heterocycles. The Balaban J connectivity index is 1.76. The van der Waals surface area contributed by atoms with Crippen molar-refractivity contribution in [3.63, 3.8) is 0 Å². The van der Waals surface area contributed by atoms with Crippen LogP contribution in [-0.2, 0) is 4.79 Å². The Morgan fingerprint density at radius 1 is 1.30 bits per heavy atom. The van der Waals surface area contributed by atoms with Crippen molar-refractivity contribution in [2.45, 2.75) is 18.4 Å². The summed E-state index contributed by atoms with van der Waals surface area (Å²) in [5.41, 5.74) is -0.875. The number of nitrogens with zero attached hydrogens (tertiary/aromatic N) is 4. The minimum Gasteiger partial charge on any atom is -0.480 e. The van der Waals surface area contributed by atoms with Gasteiger partial charge in [0.15, 0.2) is 5.82 Å². The van der Waals surface area contributed by atoms with Gasteiger partial charge in [-0.15, -0.1) is 0 Å². The van der Waals surface area contributed by atoms with E-state index in [1.54, 1.807) is 23.9 Å². The number of hydrogen-bond acceptors (Lipinski definition) is 6. The maximum atomic E-state index is 12.4. The van der Waals surface area contributed by atoms with Gasteiger partial charge >= 0.3 is 5.97 Å². The number of nitrogens with one attached hydrogen (secondary N) is 1. The van der Waals surface area contributed by atoms with Crippen molar-refractivity contribution in [1.82, 2.24) is 25.1 Å². The Kier molecular flexibility index (Phi) is 4.28. The molecule has 0 atom stereocenters. The molecule has 2 N–H and O–H groups in total. The van der Waals surface area contributed by atoms with Gasteiger partial charge in [0.2, 0.25) is 0 Å². The molecule has 3 heterocycles. The van der Waals surface area contributed by atoms with E-state index in [0.717, 1.165) is 11.5 Å². The normalized spacial score (nSPS) is 16.7. The van der Waals surface area contributed by atoms with E-state index < -0.39 is 17.4 Å². The number of carbonyl (C=O) groups excluding carboxylic acids is 1. The molecule has 0 aromatic carbocycles. The highest BCUT2D eigenvalue weighted by Crippen LogP contribution is 2.27. The molecule has 8 nitrogen and oxygen atoms in total. The van der Waals surface area contributed by atoms with Gasteiger partial charge in [-0.05, 0) is 36.5 Å². The van der Waals surface area contributed by atoms with E-state index >= 15 is 0 Å². The summed E-state index contributed by atoms with van der Waals surface area (Å²) in [7, 11) is 0. The number of aliphatic carboxylic acids is 1. The lowest BCUT2D eigenvalue weighted by Crippen LogP contribution is -2.56. The maximum Gasteiger partial charge on any atom is 0.329 e. The smallest absolute Gasteiger partial charge is 0.329 e. The second-order valence-corrected chi connectivity index (χ2v) is 6.42. The molecule has 0 aliphatic carbocycles. The zero-order valence-corrected chi connectivity index (χ0v) is 13.0. The number of carbonyl (C=O) groups is 2. The minimum atomic E-state index is -1.19. The first-order chi connectivity index (χ1) is 11.1. The summed E-state index contributed by atoms with van der Waals surface area (Å²) in [4.78, 5) is 31.9. The highest BCUT2D eigenvalue weighted by Gasteiger charge is 2.41. The first-order valence-corrected chi connectivity index (χ1v) is 8.21. The topological polar surface area (TPSA) is 110 Å². The van der Waals surface area contributed by atoms with Gasteiger partial charge in [0.25, 0.3) is 5.91 Å². The van der Waals surface area contributed by atoms with Crippen molar-refractivity contribution in [3.8, 4) is 5.82 Å². The summed E-state index contributed by atoms with van der Waals surface area (Å²) < 4.78 is 1.47. The van der Waals surface area contributed by atoms with Gasteiger partial charge in [0.05, 0.1) is 5.56 Å². The summed E-state index contributed by atoms with van der Waals surface area (Å²) in [6.45, 7) is 0. The van der Waals surface area contributed by atoms with Gasteiger partial charge in [-0.3, -0.25) is 4.79 Å². The van der Waals surface area contributed by atoms with Crippen LogP contribution in [0.15, 0.2) is 31.0 Å². The summed E-state index contributed by atoms with van der Waals surface area (Å²) in [5.74, 6) is 0.544. The minimum absolute atomic E-state index is 0.313. The average molecular weight is 333 g/mol. The molecule has 1 fully saturated rings. The number of hydrogen-bond donors (Lipinski definition) is 2. The monoisotopic (exact) mass is 333 g/mol. The van der Waals surface area contributed by atoms with Crippen molar-refractivity contribution in [2.75, 3.05) is 11.5 Å². The number of rotatable bonds is 4. The largest absolute Gasteiger partial charge is 0.480 e. The lowest BCUT2D eigenvalue weighted by atomic mass is 9.92. The summed E-state index contributed by atoms with van der Waals surface area (Å²) in [5, 5.41) is 16.1. The van der Waals surface area contributed by atoms with E-state index in [4.69, 9.17) is 0 Å². The van der Waals surface area contributed by atoms with Crippen LogP contribution in [0.3, 0.4) is 0 Å². The molecule has 1 aliphatic rings. The number of carboxylic acid groups (broad SMARTS) is 1. The third-order valence-corrected chi connectivity index (χ3v) is 4.76. The van der Waals surface area contributed by atoms with Crippen LogP contribution in [0.2, 0.25) is 0 Å². The Bertz CT molecular complexity index is 696. The molecular weight excluding hydrogens is 318 g/mol. The van der Waals surface area contributed by atoms with Crippen LogP contribution in [0.4, 0.5) is 0 Å². The molecular formula is C14H15N5O3S. The number of amides is 1. The third kappa shape index (κ3) is 3.19. The van der Waals surface area contributed by atoms with E-state index in [2.05, 4.69) is 20.4 Å². The molecule has 120 valence electrons. The fourth-order valence-corrected chi connectivity index (χ4v) is 3.57. The van der Waals surface area contributed by atoms with E-state index in [-0.39, 0.29) is 0 Å². The quantitative estimate of drug-likeness (QED) is 0.849. The fourth-order valence-electron chi connectivity index (χ4n) is 2.38. The molecule has 0 spiro atoms. The Labute approximate surface area is 136 Å². The van der Waals surface area contributed by atoms with Crippen molar-refractivity contribution in [3.05, 3.63) is 36.5 Å². The molecule has 0 saturated carbocycles.